The number of para-hydroxylation sites is 1. The summed E-state index contributed by atoms with van der Waals surface area (Å²) < 4.78 is 47.8. The summed E-state index contributed by atoms with van der Waals surface area (Å²) in [6.45, 7) is 1.03. The standard InChI is InChI=1S/C15H17NO9S/c1-8(17)12(14(18)24-9-6-7-9)15(19)25-11-5-3-4-10(23-2)13(11)16-26(20,21)22/h3-5,9,12,16H,6-7H2,1-2H3,(H,20,21,22). The van der Waals surface area contributed by atoms with Crippen LogP contribution in [-0.2, 0) is 29.4 Å². The molecule has 142 valence electrons. The van der Waals surface area contributed by atoms with E-state index in [0.29, 0.717) is 12.8 Å². The Morgan fingerprint density at radius 3 is 2.31 bits per heavy atom. The maximum absolute atomic E-state index is 12.3. The maximum atomic E-state index is 12.3. The van der Waals surface area contributed by atoms with Gasteiger partial charge in [0, 0.05) is 0 Å². The van der Waals surface area contributed by atoms with Crippen molar-refractivity contribution in [2.24, 2.45) is 5.92 Å². The van der Waals surface area contributed by atoms with Gasteiger partial charge >= 0.3 is 22.2 Å². The molecule has 2 N–H and O–H groups in total. The molecule has 0 spiro atoms. The number of benzene rings is 1. The normalized spacial score (nSPS) is 14.9. The summed E-state index contributed by atoms with van der Waals surface area (Å²) in [5.41, 5.74) is -0.372. The topological polar surface area (TPSA) is 145 Å². The van der Waals surface area contributed by atoms with Crippen molar-refractivity contribution in [1.29, 1.82) is 0 Å². The van der Waals surface area contributed by atoms with Gasteiger partial charge in [0.25, 0.3) is 0 Å². The van der Waals surface area contributed by atoms with E-state index in [1.807, 2.05) is 0 Å². The predicted molar refractivity (Wildman–Crippen MR) is 87.1 cm³/mol. The zero-order valence-electron chi connectivity index (χ0n) is 13.9. The number of methoxy groups -OCH3 is 1. The van der Waals surface area contributed by atoms with E-state index in [1.54, 1.807) is 4.72 Å². The second kappa shape index (κ2) is 7.70. The van der Waals surface area contributed by atoms with Gasteiger partial charge in [-0.3, -0.25) is 23.7 Å². The Bertz CT molecular complexity index is 830. The van der Waals surface area contributed by atoms with Gasteiger partial charge in [-0.2, -0.15) is 8.42 Å². The summed E-state index contributed by atoms with van der Waals surface area (Å²) >= 11 is 0. The van der Waals surface area contributed by atoms with Crippen LogP contribution in [0.2, 0.25) is 0 Å². The fourth-order valence-corrected chi connectivity index (χ4v) is 2.47. The number of carbonyl (C=O) groups excluding carboxylic acids is 3. The van der Waals surface area contributed by atoms with Gasteiger partial charge in [0.1, 0.15) is 17.5 Å². The predicted octanol–water partition coefficient (Wildman–Crippen LogP) is 0.726. The second-order valence-corrected chi connectivity index (χ2v) is 6.67. The molecular weight excluding hydrogens is 370 g/mol. The zero-order valence-corrected chi connectivity index (χ0v) is 14.7. The monoisotopic (exact) mass is 387 g/mol. The van der Waals surface area contributed by atoms with E-state index >= 15 is 0 Å². The number of carbonyl (C=O) groups is 3. The van der Waals surface area contributed by atoms with Gasteiger partial charge in [0.2, 0.25) is 5.92 Å². The molecule has 26 heavy (non-hydrogen) atoms. The van der Waals surface area contributed by atoms with E-state index < -0.39 is 33.9 Å². The van der Waals surface area contributed by atoms with Crippen molar-refractivity contribution >= 4 is 33.7 Å². The Labute approximate surface area is 149 Å². The van der Waals surface area contributed by atoms with E-state index in [-0.39, 0.29) is 23.3 Å². The number of hydrogen-bond acceptors (Lipinski definition) is 8. The number of rotatable bonds is 8. The fraction of sp³-hybridized carbons (Fsp3) is 0.400. The van der Waals surface area contributed by atoms with Crippen LogP contribution in [0.3, 0.4) is 0 Å². The minimum atomic E-state index is -4.71. The Morgan fingerprint density at radius 1 is 1.19 bits per heavy atom. The number of Topliss-reactive ketones (excluding diaryl/α,β-unsaturated/α-hetero) is 1. The van der Waals surface area contributed by atoms with Crippen molar-refractivity contribution in [2.45, 2.75) is 25.9 Å². The van der Waals surface area contributed by atoms with E-state index in [1.165, 1.54) is 25.3 Å². The van der Waals surface area contributed by atoms with Gasteiger partial charge in [0.15, 0.2) is 11.5 Å². The summed E-state index contributed by atoms with van der Waals surface area (Å²) in [4.78, 5) is 36.0. The highest BCUT2D eigenvalue weighted by atomic mass is 32.2. The van der Waals surface area contributed by atoms with Gasteiger partial charge in [-0.1, -0.05) is 6.07 Å². The molecule has 1 aliphatic carbocycles. The summed E-state index contributed by atoms with van der Waals surface area (Å²) in [5.74, 6) is -5.29. The van der Waals surface area contributed by atoms with Crippen molar-refractivity contribution in [1.82, 2.24) is 0 Å². The highest BCUT2D eigenvalue weighted by Crippen LogP contribution is 2.35. The summed E-state index contributed by atoms with van der Waals surface area (Å²) in [5, 5.41) is 0. The maximum Gasteiger partial charge on any atom is 0.357 e. The third-order valence-corrected chi connectivity index (χ3v) is 3.80. The van der Waals surface area contributed by atoms with Crippen molar-refractivity contribution in [3.63, 3.8) is 0 Å². The summed E-state index contributed by atoms with van der Waals surface area (Å²) in [7, 11) is -3.48. The molecule has 1 atom stereocenters. The molecule has 1 aromatic carbocycles. The molecule has 0 heterocycles. The Kier molecular flexibility index (Phi) is 5.83. The van der Waals surface area contributed by atoms with Gasteiger partial charge in [-0.25, -0.2) is 0 Å². The first kappa shape index (κ1) is 19.7. The van der Waals surface area contributed by atoms with Gasteiger partial charge in [0.05, 0.1) is 7.11 Å². The average Bonchev–Trinajstić information content (AvgIpc) is 3.31. The SMILES string of the molecule is COc1cccc(OC(=O)C(C(C)=O)C(=O)OC2CC2)c1NS(=O)(=O)O. The van der Waals surface area contributed by atoms with E-state index in [2.05, 4.69) is 0 Å². The van der Waals surface area contributed by atoms with E-state index in [0.717, 1.165) is 6.92 Å². The van der Waals surface area contributed by atoms with Crippen LogP contribution in [0.5, 0.6) is 11.5 Å². The molecule has 1 aromatic rings. The quantitative estimate of drug-likeness (QED) is 0.285. The number of esters is 2. The summed E-state index contributed by atoms with van der Waals surface area (Å²) in [6.07, 6.45) is 0.999. The molecule has 0 aromatic heterocycles. The lowest BCUT2D eigenvalue weighted by Gasteiger charge is -2.16. The van der Waals surface area contributed by atoms with Crippen LogP contribution in [0.4, 0.5) is 5.69 Å². The molecule has 2 rings (SSSR count). The Balaban J connectivity index is 2.28. The highest BCUT2D eigenvalue weighted by molar-refractivity contribution is 7.87. The van der Waals surface area contributed by atoms with Crippen LogP contribution in [0.25, 0.3) is 0 Å². The van der Waals surface area contributed by atoms with Crippen molar-refractivity contribution in [3.05, 3.63) is 18.2 Å². The molecule has 11 heteroatoms. The molecule has 1 fully saturated rings. The average molecular weight is 387 g/mol. The van der Waals surface area contributed by atoms with Gasteiger partial charge in [-0.05, 0) is 31.9 Å². The molecule has 0 aliphatic heterocycles. The second-order valence-electron chi connectivity index (χ2n) is 5.51. The molecule has 0 saturated heterocycles. The lowest BCUT2D eigenvalue weighted by molar-refractivity contribution is -0.160. The first-order chi connectivity index (χ1) is 12.1. The molecule has 0 amide bonds. The van der Waals surface area contributed by atoms with Crippen LogP contribution >= 0.6 is 0 Å². The molecule has 1 aliphatic rings. The minimum absolute atomic E-state index is 0.0622. The molecule has 1 saturated carbocycles. The van der Waals surface area contributed by atoms with Crippen molar-refractivity contribution in [2.75, 3.05) is 11.8 Å². The molecule has 10 nitrogen and oxygen atoms in total. The number of ketones is 1. The number of nitrogens with one attached hydrogen (secondary N) is 1. The Hall–Kier alpha value is -2.66. The highest BCUT2D eigenvalue weighted by Gasteiger charge is 2.38. The van der Waals surface area contributed by atoms with Crippen LogP contribution in [0.1, 0.15) is 19.8 Å². The molecule has 0 bridgehead atoms. The van der Waals surface area contributed by atoms with Crippen molar-refractivity contribution < 1.29 is 41.6 Å². The number of ether oxygens (including phenoxy) is 3. The van der Waals surface area contributed by atoms with Crippen LogP contribution < -0.4 is 14.2 Å². The number of anilines is 1. The van der Waals surface area contributed by atoms with Crippen molar-refractivity contribution in [3.8, 4) is 11.5 Å². The van der Waals surface area contributed by atoms with E-state index in [4.69, 9.17) is 18.8 Å². The summed E-state index contributed by atoms with van der Waals surface area (Å²) in [6, 6.07) is 3.91. The third-order valence-electron chi connectivity index (χ3n) is 3.33. The molecule has 0 radical (unpaired) electrons. The number of hydrogen-bond donors (Lipinski definition) is 2. The van der Waals surface area contributed by atoms with Crippen LogP contribution in [-0.4, -0.2) is 43.9 Å². The third kappa shape index (κ3) is 5.17. The largest absolute Gasteiger partial charge is 0.494 e. The molecular formula is C15H17NO9S. The van der Waals surface area contributed by atoms with Crippen LogP contribution in [0, 0.1) is 5.92 Å². The van der Waals surface area contributed by atoms with Gasteiger partial charge < -0.3 is 14.2 Å². The first-order valence-corrected chi connectivity index (χ1v) is 8.91. The zero-order chi connectivity index (χ0) is 19.5. The lowest BCUT2D eigenvalue weighted by Crippen LogP contribution is -2.35. The molecule has 1 unspecified atom stereocenters. The van der Waals surface area contributed by atoms with Crippen LogP contribution in [0.15, 0.2) is 18.2 Å². The smallest absolute Gasteiger partial charge is 0.357 e. The fourth-order valence-electron chi connectivity index (χ4n) is 2.01. The van der Waals surface area contributed by atoms with E-state index in [9.17, 15) is 22.8 Å². The van der Waals surface area contributed by atoms with Gasteiger partial charge in [-0.15, -0.1) is 0 Å². The lowest BCUT2D eigenvalue weighted by atomic mass is 10.1. The first-order valence-electron chi connectivity index (χ1n) is 7.47. The minimum Gasteiger partial charge on any atom is -0.494 e. The Morgan fingerprint density at radius 2 is 1.81 bits per heavy atom.